The molecule has 14 nitrogen and oxygen atoms in total. The monoisotopic (exact) mass is 587 g/mol. The molecule has 0 unspecified atom stereocenters. The van der Waals surface area contributed by atoms with Crippen LogP contribution in [0.5, 0.6) is 0 Å². The molecule has 0 rings (SSSR count). The predicted octanol–water partition coefficient (Wildman–Crippen LogP) is -0.309. The van der Waals surface area contributed by atoms with Crippen LogP contribution in [0.15, 0.2) is 0 Å². The summed E-state index contributed by atoms with van der Waals surface area (Å²) in [5, 5.41) is 0. The fourth-order valence-corrected chi connectivity index (χ4v) is 2.63. The quantitative estimate of drug-likeness (QED) is 0.0761. The van der Waals surface area contributed by atoms with Gasteiger partial charge in [0.1, 0.15) is 6.61 Å². The first-order chi connectivity index (χ1) is 19.8. The lowest BCUT2D eigenvalue weighted by molar-refractivity contribution is -0.142. The standard InChI is InChI=1S/C26H53NO13/c1-26(28)40-25-24-39-23-22-38-21-20-37-19-18-36-17-16-35-15-14-34-13-12-33-11-10-32-9-8-31-7-6-30-5-4-29-3-2-27/h2-25,27H2,1H3. The highest BCUT2D eigenvalue weighted by Gasteiger charge is 1.97. The molecule has 0 aliphatic rings. The molecule has 0 aromatic carbocycles. The summed E-state index contributed by atoms with van der Waals surface area (Å²) in [7, 11) is 0. The van der Waals surface area contributed by atoms with Crippen molar-refractivity contribution in [2.24, 2.45) is 5.73 Å². The van der Waals surface area contributed by atoms with Gasteiger partial charge in [0.25, 0.3) is 0 Å². The molecule has 2 N–H and O–H groups in total. The van der Waals surface area contributed by atoms with Gasteiger partial charge in [0.2, 0.25) is 0 Å². The molecule has 0 aromatic rings. The van der Waals surface area contributed by atoms with Crippen molar-refractivity contribution in [2.45, 2.75) is 6.92 Å². The number of hydrogen-bond acceptors (Lipinski definition) is 14. The Balaban J connectivity index is 3.03. The van der Waals surface area contributed by atoms with Crippen LogP contribution in [-0.4, -0.2) is 164 Å². The molecule has 0 saturated carbocycles. The van der Waals surface area contributed by atoms with Crippen LogP contribution < -0.4 is 5.73 Å². The fraction of sp³-hybridized carbons (Fsp3) is 0.962. The molecule has 0 aromatic heterocycles. The molecule has 0 aliphatic carbocycles. The van der Waals surface area contributed by atoms with Gasteiger partial charge in [-0.05, 0) is 0 Å². The average molecular weight is 588 g/mol. The Bertz CT molecular complexity index is 492. The Labute approximate surface area is 239 Å². The first kappa shape index (κ1) is 39.0. The van der Waals surface area contributed by atoms with Crippen LogP contribution in [0.2, 0.25) is 0 Å². The van der Waals surface area contributed by atoms with Crippen molar-refractivity contribution in [2.75, 3.05) is 159 Å². The first-order valence-electron chi connectivity index (χ1n) is 14.0. The van der Waals surface area contributed by atoms with Gasteiger partial charge < -0.3 is 62.6 Å². The van der Waals surface area contributed by atoms with Crippen LogP contribution in [0, 0.1) is 0 Å². The van der Waals surface area contributed by atoms with Crippen molar-refractivity contribution in [3.8, 4) is 0 Å². The summed E-state index contributed by atoms with van der Waals surface area (Å²) in [4.78, 5) is 10.6. The highest BCUT2D eigenvalue weighted by molar-refractivity contribution is 5.65. The summed E-state index contributed by atoms with van der Waals surface area (Å²) < 4.78 is 63.9. The van der Waals surface area contributed by atoms with Crippen molar-refractivity contribution >= 4 is 5.97 Å². The third-order valence-electron chi connectivity index (χ3n) is 4.52. The summed E-state index contributed by atoms with van der Waals surface area (Å²) in [5.41, 5.74) is 5.32. The number of hydrogen-bond donors (Lipinski definition) is 1. The van der Waals surface area contributed by atoms with Gasteiger partial charge in [0.05, 0.1) is 145 Å². The predicted molar refractivity (Wildman–Crippen MR) is 145 cm³/mol. The van der Waals surface area contributed by atoms with Crippen LogP contribution in [0.25, 0.3) is 0 Å². The van der Waals surface area contributed by atoms with E-state index in [0.29, 0.717) is 152 Å². The van der Waals surface area contributed by atoms with Gasteiger partial charge in [-0.1, -0.05) is 0 Å². The van der Waals surface area contributed by atoms with E-state index >= 15 is 0 Å². The summed E-state index contributed by atoms with van der Waals surface area (Å²) in [6.45, 7) is 13.1. The molecule has 0 heterocycles. The molecule has 0 bridgehead atoms. The SMILES string of the molecule is CC(=O)OCCOCCOCCOCCOCCOCCOCCOCCOCCOCCOCCOCCN. The number of carbonyl (C=O) groups excluding carboxylic acids is 1. The Morgan fingerprint density at radius 3 is 0.700 bits per heavy atom. The summed E-state index contributed by atoms with van der Waals surface area (Å²) in [6, 6.07) is 0. The van der Waals surface area contributed by atoms with Crippen LogP contribution >= 0.6 is 0 Å². The highest BCUT2D eigenvalue weighted by Crippen LogP contribution is 1.87. The molecule has 0 amide bonds. The van der Waals surface area contributed by atoms with E-state index in [9.17, 15) is 4.79 Å². The second-order valence-corrected chi connectivity index (χ2v) is 7.86. The van der Waals surface area contributed by atoms with E-state index in [-0.39, 0.29) is 12.6 Å². The molecule has 0 radical (unpaired) electrons. The third kappa shape index (κ3) is 37.0. The third-order valence-corrected chi connectivity index (χ3v) is 4.52. The van der Waals surface area contributed by atoms with Crippen LogP contribution in [0.4, 0.5) is 0 Å². The van der Waals surface area contributed by atoms with Gasteiger partial charge in [-0.15, -0.1) is 0 Å². The van der Waals surface area contributed by atoms with Gasteiger partial charge in [0.15, 0.2) is 0 Å². The van der Waals surface area contributed by atoms with E-state index in [0.717, 1.165) is 0 Å². The Morgan fingerprint density at radius 1 is 0.350 bits per heavy atom. The lowest BCUT2D eigenvalue weighted by Gasteiger charge is -2.09. The van der Waals surface area contributed by atoms with E-state index in [1.165, 1.54) is 6.92 Å². The number of nitrogens with two attached hydrogens (primary N) is 1. The highest BCUT2D eigenvalue weighted by atomic mass is 16.6. The Morgan fingerprint density at radius 2 is 0.525 bits per heavy atom. The van der Waals surface area contributed by atoms with Crippen molar-refractivity contribution in [3.63, 3.8) is 0 Å². The normalized spacial score (nSPS) is 11.3. The molecule has 0 saturated heterocycles. The maximum Gasteiger partial charge on any atom is 0.302 e. The fourth-order valence-electron chi connectivity index (χ4n) is 2.63. The zero-order chi connectivity index (χ0) is 29.0. The maximum atomic E-state index is 10.6. The van der Waals surface area contributed by atoms with Gasteiger partial charge in [-0.3, -0.25) is 4.79 Å². The molecular formula is C26H53NO13. The topological polar surface area (TPSA) is 154 Å². The molecule has 0 atom stereocenters. The molecule has 40 heavy (non-hydrogen) atoms. The number of carbonyl (C=O) groups is 1. The van der Waals surface area contributed by atoms with Gasteiger partial charge in [-0.25, -0.2) is 0 Å². The zero-order valence-electron chi connectivity index (χ0n) is 24.4. The van der Waals surface area contributed by atoms with Crippen molar-refractivity contribution in [3.05, 3.63) is 0 Å². The van der Waals surface area contributed by atoms with E-state index in [4.69, 9.17) is 62.6 Å². The minimum atomic E-state index is -0.311. The number of ether oxygens (including phenoxy) is 12. The van der Waals surface area contributed by atoms with E-state index in [1.807, 2.05) is 0 Å². The number of esters is 1. The largest absolute Gasteiger partial charge is 0.463 e. The van der Waals surface area contributed by atoms with Crippen LogP contribution in [0.1, 0.15) is 6.92 Å². The Kier molecular flexibility index (Phi) is 35.1. The van der Waals surface area contributed by atoms with Crippen molar-refractivity contribution < 1.29 is 61.6 Å². The minimum Gasteiger partial charge on any atom is -0.463 e. The maximum absolute atomic E-state index is 10.6. The Hall–Kier alpha value is -1.01. The van der Waals surface area contributed by atoms with Gasteiger partial charge in [0, 0.05) is 13.5 Å². The molecule has 0 fully saturated rings. The summed E-state index contributed by atoms with van der Waals surface area (Å²) in [6.07, 6.45) is 0. The summed E-state index contributed by atoms with van der Waals surface area (Å²) in [5.74, 6) is -0.311. The van der Waals surface area contributed by atoms with Crippen molar-refractivity contribution in [1.82, 2.24) is 0 Å². The second-order valence-electron chi connectivity index (χ2n) is 7.86. The first-order valence-corrected chi connectivity index (χ1v) is 14.0. The molecule has 0 aliphatic heterocycles. The zero-order valence-corrected chi connectivity index (χ0v) is 24.4. The average Bonchev–Trinajstić information content (AvgIpc) is 2.95. The second kappa shape index (κ2) is 36.0. The van der Waals surface area contributed by atoms with Gasteiger partial charge >= 0.3 is 5.97 Å². The lowest BCUT2D eigenvalue weighted by atomic mass is 10.6. The molecule has 0 spiro atoms. The van der Waals surface area contributed by atoms with Crippen LogP contribution in [0.3, 0.4) is 0 Å². The molecule has 14 heteroatoms. The van der Waals surface area contributed by atoms with Crippen LogP contribution in [-0.2, 0) is 61.6 Å². The van der Waals surface area contributed by atoms with E-state index in [1.54, 1.807) is 0 Å². The van der Waals surface area contributed by atoms with Crippen molar-refractivity contribution in [1.29, 1.82) is 0 Å². The molecular weight excluding hydrogens is 534 g/mol. The molecule has 240 valence electrons. The van der Waals surface area contributed by atoms with E-state index in [2.05, 4.69) is 0 Å². The number of rotatable bonds is 35. The van der Waals surface area contributed by atoms with Gasteiger partial charge in [-0.2, -0.15) is 0 Å². The summed E-state index contributed by atoms with van der Waals surface area (Å²) >= 11 is 0. The lowest BCUT2D eigenvalue weighted by Crippen LogP contribution is -2.16. The van der Waals surface area contributed by atoms with E-state index < -0.39 is 0 Å². The minimum absolute atomic E-state index is 0.258. The smallest absolute Gasteiger partial charge is 0.302 e.